The van der Waals surface area contributed by atoms with Crippen molar-refractivity contribution in [2.24, 2.45) is 0 Å². The van der Waals surface area contributed by atoms with Crippen molar-refractivity contribution in [3.63, 3.8) is 0 Å². The molecule has 0 radical (unpaired) electrons. The van der Waals surface area contributed by atoms with E-state index in [1.807, 2.05) is 0 Å². The highest BCUT2D eigenvalue weighted by molar-refractivity contribution is 7.80. The summed E-state index contributed by atoms with van der Waals surface area (Å²) in [6.45, 7) is 2.00. The number of unbranched alkanes of at least 4 members (excludes halogenated alkanes) is 6. The summed E-state index contributed by atoms with van der Waals surface area (Å²) in [5, 5.41) is 0. The van der Waals surface area contributed by atoms with Crippen molar-refractivity contribution in [3.8, 4) is 0 Å². The highest BCUT2D eigenvalue weighted by atomic mass is 32.1. The number of nitrogens with zero attached hydrogens (tertiary/aromatic N) is 1. The molecule has 1 heterocycles. The van der Waals surface area contributed by atoms with E-state index in [4.69, 9.17) is 0 Å². The maximum absolute atomic E-state index is 11.6. The molecule has 1 amide bonds. The van der Waals surface area contributed by atoms with E-state index in [0.29, 0.717) is 5.91 Å². The van der Waals surface area contributed by atoms with Gasteiger partial charge < -0.3 is 4.90 Å². The van der Waals surface area contributed by atoms with Gasteiger partial charge in [-0.2, -0.15) is 12.6 Å². The Labute approximate surface area is 112 Å². The van der Waals surface area contributed by atoms with E-state index in [0.717, 1.165) is 31.7 Å². The van der Waals surface area contributed by atoms with Crippen LogP contribution in [0.2, 0.25) is 0 Å². The van der Waals surface area contributed by atoms with E-state index in [1.54, 1.807) is 0 Å². The maximum atomic E-state index is 11.6. The lowest BCUT2D eigenvalue weighted by atomic mass is 10.1. The van der Waals surface area contributed by atoms with Crippen molar-refractivity contribution in [2.45, 2.75) is 64.2 Å². The Kier molecular flexibility index (Phi) is 8.59. The lowest BCUT2D eigenvalue weighted by molar-refractivity contribution is -0.133. The molecule has 0 atom stereocenters. The molecule has 1 saturated heterocycles. The average molecular weight is 257 g/mol. The van der Waals surface area contributed by atoms with E-state index in [1.165, 1.54) is 51.4 Å². The molecule has 0 unspecified atom stereocenters. The van der Waals surface area contributed by atoms with Crippen LogP contribution < -0.4 is 0 Å². The van der Waals surface area contributed by atoms with Gasteiger partial charge in [-0.3, -0.25) is 4.79 Å². The first kappa shape index (κ1) is 14.9. The summed E-state index contributed by atoms with van der Waals surface area (Å²) in [5.41, 5.74) is 0. The first-order valence-electron chi connectivity index (χ1n) is 7.23. The number of rotatable bonds is 9. The fourth-order valence-electron chi connectivity index (χ4n) is 2.40. The van der Waals surface area contributed by atoms with Crippen LogP contribution in [0.25, 0.3) is 0 Å². The SMILES string of the molecule is O=C1CCCCN1CCCCCCCCCS. The van der Waals surface area contributed by atoms with Crippen LogP contribution in [0, 0.1) is 0 Å². The van der Waals surface area contributed by atoms with Crippen molar-refractivity contribution in [2.75, 3.05) is 18.8 Å². The van der Waals surface area contributed by atoms with Crippen molar-refractivity contribution in [1.82, 2.24) is 4.90 Å². The normalized spacial score (nSPS) is 16.5. The second-order valence-corrected chi connectivity index (χ2v) is 5.48. The summed E-state index contributed by atoms with van der Waals surface area (Å²) in [6.07, 6.45) is 12.2. The van der Waals surface area contributed by atoms with Gasteiger partial charge in [0.1, 0.15) is 0 Å². The van der Waals surface area contributed by atoms with Crippen molar-refractivity contribution in [3.05, 3.63) is 0 Å². The van der Waals surface area contributed by atoms with Crippen LogP contribution in [0.15, 0.2) is 0 Å². The van der Waals surface area contributed by atoms with Gasteiger partial charge >= 0.3 is 0 Å². The number of thiol groups is 1. The summed E-state index contributed by atoms with van der Waals surface area (Å²) in [6, 6.07) is 0. The van der Waals surface area contributed by atoms with Crippen molar-refractivity contribution < 1.29 is 4.79 Å². The van der Waals surface area contributed by atoms with Gasteiger partial charge in [-0.1, -0.05) is 32.1 Å². The second kappa shape index (κ2) is 9.81. The Morgan fingerprint density at radius 1 is 0.941 bits per heavy atom. The minimum Gasteiger partial charge on any atom is -0.343 e. The van der Waals surface area contributed by atoms with Gasteiger partial charge in [-0.15, -0.1) is 0 Å². The molecule has 0 aromatic heterocycles. The van der Waals surface area contributed by atoms with Gasteiger partial charge in [0, 0.05) is 19.5 Å². The number of hydrogen-bond acceptors (Lipinski definition) is 2. The number of carbonyl (C=O) groups excluding carboxylic acids is 1. The Morgan fingerprint density at radius 3 is 2.24 bits per heavy atom. The van der Waals surface area contributed by atoms with Gasteiger partial charge in [0.05, 0.1) is 0 Å². The molecular weight excluding hydrogens is 230 g/mol. The second-order valence-electron chi connectivity index (χ2n) is 5.04. The highest BCUT2D eigenvalue weighted by Crippen LogP contribution is 2.13. The number of carbonyl (C=O) groups is 1. The van der Waals surface area contributed by atoms with Crippen LogP contribution in [-0.2, 0) is 4.79 Å². The molecule has 3 heteroatoms. The molecule has 1 rings (SSSR count). The summed E-state index contributed by atoms with van der Waals surface area (Å²) < 4.78 is 0. The van der Waals surface area contributed by atoms with Crippen LogP contribution in [0.3, 0.4) is 0 Å². The van der Waals surface area contributed by atoms with Gasteiger partial charge in [-0.25, -0.2) is 0 Å². The maximum Gasteiger partial charge on any atom is 0.222 e. The van der Waals surface area contributed by atoms with Crippen LogP contribution in [-0.4, -0.2) is 29.6 Å². The summed E-state index contributed by atoms with van der Waals surface area (Å²) in [5.74, 6) is 1.40. The van der Waals surface area contributed by atoms with E-state index in [9.17, 15) is 4.79 Å². The van der Waals surface area contributed by atoms with Crippen LogP contribution in [0.4, 0.5) is 0 Å². The number of piperidine rings is 1. The topological polar surface area (TPSA) is 20.3 Å². The van der Waals surface area contributed by atoms with E-state index in [-0.39, 0.29) is 0 Å². The predicted octanol–water partition coefficient (Wildman–Crippen LogP) is 3.66. The van der Waals surface area contributed by atoms with Gasteiger partial charge in [0.15, 0.2) is 0 Å². The third-order valence-electron chi connectivity index (χ3n) is 3.51. The van der Waals surface area contributed by atoms with Gasteiger partial charge in [-0.05, 0) is 31.4 Å². The molecule has 1 fully saturated rings. The minimum absolute atomic E-state index is 0.380. The molecule has 100 valence electrons. The molecule has 0 aliphatic carbocycles. The molecule has 0 saturated carbocycles. The Hall–Kier alpha value is -0.180. The highest BCUT2D eigenvalue weighted by Gasteiger charge is 2.16. The van der Waals surface area contributed by atoms with Crippen molar-refractivity contribution >= 4 is 18.5 Å². The Bertz CT molecular complexity index is 208. The lowest BCUT2D eigenvalue weighted by Gasteiger charge is -2.26. The summed E-state index contributed by atoms with van der Waals surface area (Å²) in [7, 11) is 0. The largest absolute Gasteiger partial charge is 0.343 e. The molecule has 0 spiro atoms. The first-order valence-corrected chi connectivity index (χ1v) is 7.86. The molecule has 1 aliphatic rings. The predicted molar refractivity (Wildman–Crippen MR) is 76.6 cm³/mol. The molecule has 0 aromatic carbocycles. The third kappa shape index (κ3) is 6.97. The Balaban J connectivity index is 1.88. The van der Waals surface area contributed by atoms with Gasteiger partial charge in [0.25, 0.3) is 0 Å². The van der Waals surface area contributed by atoms with E-state index >= 15 is 0 Å². The molecule has 0 aromatic rings. The fourth-order valence-corrected chi connectivity index (χ4v) is 2.62. The molecular formula is C14H27NOS. The van der Waals surface area contributed by atoms with Crippen LogP contribution in [0.1, 0.15) is 64.2 Å². The summed E-state index contributed by atoms with van der Waals surface area (Å²) >= 11 is 4.21. The quantitative estimate of drug-likeness (QED) is 0.494. The smallest absolute Gasteiger partial charge is 0.222 e. The van der Waals surface area contributed by atoms with Crippen LogP contribution in [0.5, 0.6) is 0 Å². The molecule has 2 nitrogen and oxygen atoms in total. The zero-order valence-electron chi connectivity index (χ0n) is 11.0. The molecule has 0 N–H and O–H groups in total. The Morgan fingerprint density at radius 2 is 1.59 bits per heavy atom. The summed E-state index contributed by atoms with van der Waals surface area (Å²) in [4.78, 5) is 13.6. The zero-order valence-corrected chi connectivity index (χ0v) is 11.9. The van der Waals surface area contributed by atoms with Crippen molar-refractivity contribution in [1.29, 1.82) is 0 Å². The third-order valence-corrected chi connectivity index (χ3v) is 3.82. The zero-order chi connectivity index (χ0) is 12.3. The lowest BCUT2D eigenvalue weighted by Crippen LogP contribution is -2.35. The number of amides is 1. The standard InChI is InChI=1S/C14H27NOS/c16-14-10-6-8-12-15(14)11-7-4-2-1-3-5-9-13-17/h17H,1-13H2. The number of hydrogen-bond donors (Lipinski definition) is 1. The minimum atomic E-state index is 0.380. The first-order chi connectivity index (χ1) is 8.34. The average Bonchev–Trinajstić information content (AvgIpc) is 2.35. The van der Waals surface area contributed by atoms with E-state index < -0.39 is 0 Å². The molecule has 1 aliphatic heterocycles. The van der Waals surface area contributed by atoms with Gasteiger partial charge in [0.2, 0.25) is 5.91 Å². The molecule has 17 heavy (non-hydrogen) atoms. The fraction of sp³-hybridized carbons (Fsp3) is 0.929. The van der Waals surface area contributed by atoms with E-state index in [2.05, 4.69) is 17.5 Å². The van der Waals surface area contributed by atoms with Crippen LogP contribution >= 0.6 is 12.6 Å². The molecule has 0 bridgehead atoms. The number of likely N-dealkylation sites (tertiary alicyclic amines) is 1. The monoisotopic (exact) mass is 257 g/mol.